The Morgan fingerprint density at radius 3 is 2.54 bits per heavy atom. The molecule has 0 radical (unpaired) electrons. The van der Waals surface area contributed by atoms with Gasteiger partial charge in [0.15, 0.2) is 5.16 Å². The van der Waals surface area contributed by atoms with Crippen LogP contribution in [0, 0.1) is 5.82 Å². The molecule has 2 N–H and O–H groups in total. The molecule has 0 saturated carbocycles. The maximum absolute atomic E-state index is 12.9. The predicted octanol–water partition coefficient (Wildman–Crippen LogP) is 3.70. The Bertz CT molecular complexity index is 959. The molecule has 5 nitrogen and oxygen atoms in total. The second-order valence-electron chi connectivity index (χ2n) is 5.56. The van der Waals surface area contributed by atoms with E-state index in [2.05, 4.69) is 15.3 Å². The fourth-order valence-electron chi connectivity index (χ4n) is 2.25. The van der Waals surface area contributed by atoms with Crippen molar-refractivity contribution in [3.8, 4) is 11.3 Å². The summed E-state index contributed by atoms with van der Waals surface area (Å²) >= 11 is 1.14. The summed E-state index contributed by atoms with van der Waals surface area (Å²) in [6.07, 6.45) is 0. The molecule has 7 heteroatoms. The van der Waals surface area contributed by atoms with Crippen molar-refractivity contribution in [1.29, 1.82) is 0 Å². The van der Waals surface area contributed by atoms with Gasteiger partial charge in [0.2, 0.25) is 5.91 Å². The molecule has 0 spiro atoms. The van der Waals surface area contributed by atoms with Gasteiger partial charge in [0.05, 0.1) is 10.9 Å². The van der Waals surface area contributed by atoms with E-state index >= 15 is 0 Å². The van der Waals surface area contributed by atoms with Crippen LogP contribution in [0.4, 0.5) is 10.1 Å². The van der Waals surface area contributed by atoms with Crippen LogP contribution in [0.1, 0.15) is 6.92 Å². The van der Waals surface area contributed by atoms with Crippen LogP contribution in [-0.4, -0.2) is 21.1 Å². The summed E-state index contributed by atoms with van der Waals surface area (Å²) in [5.74, 6) is -0.640. The summed E-state index contributed by atoms with van der Waals surface area (Å²) in [5.41, 5.74) is 1.59. The first-order valence-corrected chi connectivity index (χ1v) is 8.79. The van der Waals surface area contributed by atoms with E-state index in [-0.39, 0.29) is 17.3 Å². The molecule has 0 saturated heterocycles. The number of rotatable bonds is 5. The van der Waals surface area contributed by atoms with Crippen LogP contribution in [0.3, 0.4) is 0 Å². The predicted molar refractivity (Wildman–Crippen MR) is 101 cm³/mol. The minimum atomic E-state index is -0.505. The van der Waals surface area contributed by atoms with Crippen molar-refractivity contribution < 1.29 is 9.18 Å². The maximum Gasteiger partial charge on any atom is 0.252 e. The number of hydrogen-bond donors (Lipinski definition) is 2. The SMILES string of the molecule is C[C@H](Sc1nc(-c2ccccc2)cc(=O)[nH]1)C(=O)Nc1ccc(F)cc1. The van der Waals surface area contributed by atoms with E-state index in [0.29, 0.717) is 16.5 Å². The number of halogens is 1. The number of hydrogen-bond acceptors (Lipinski definition) is 4. The van der Waals surface area contributed by atoms with Gasteiger partial charge >= 0.3 is 0 Å². The van der Waals surface area contributed by atoms with Gasteiger partial charge in [-0.05, 0) is 31.2 Å². The standard InChI is InChI=1S/C19H16FN3O2S/c1-12(18(25)21-15-9-7-14(20)8-10-15)26-19-22-16(11-17(24)23-19)13-5-3-2-4-6-13/h2-12H,1H3,(H,21,25)(H,22,23,24)/t12-/m0/s1. The number of benzene rings is 2. The number of carbonyl (C=O) groups is 1. The minimum absolute atomic E-state index is 0.269. The van der Waals surface area contributed by atoms with Crippen LogP contribution in [0.25, 0.3) is 11.3 Å². The Kier molecular flexibility index (Phi) is 5.48. The van der Waals surface area contributed by atoms with Crippen LogP contribution in [0.15, 0.2) is 70.6 Å². The topological polar surface area (TPSA) is 74.8 Å². The van der Waals surface area contributed by atoms with Crippen LogP contribution in [-0.2, 0) is 4.79 Å². The zero-order valence-corrected chi connectivity index (χ0v) is 14.7. The summed E-state index contributed by atoms with van der Waals surface area (Å²) in [7, 11) is 0. The lowest BCUT2D eigenvalue weighted by atomic mass is 10.1. The van der Waals surface area contributed by atoms with Gasteiger partial charge in [0.1, 0.15) is 5.82 Å². The van der Waals surface area contributed by atoms with Gasteiger partial charge in [-0.15, -0.1) is 0 Å². The normalized spacial score (nSPS) is 11.8. The molecule has 0 unspecified atom stereocenters. The lowest BCUT2D eigenvalue weighted by Gasteiger charge is -2.12. The van der Waals surface area contributed by atoms with E-state index in [1.165, 1.54) is 30.3 Å². The number of nitrogens with zero attached hydrogens (tertiary/aromatic N) is 1. The van der Waals surface area contributed by atoms with E-state index < -0.39 is 5.25 Å². The van der Waals surface area contributed by atoms with Gasteiger partial charge < -0.3 is 10.3 Å². The van der Waals surface area contributed by atoms with Crippen molar-refractivity contribution >= 4 is 23.4 Å². The molecule has 3 rings (SSSR count). The number of carbonyl (C=O) groups excluding carboxylic acids is 1. The fourth-order valence-corrected chi connectivity index (χ4v) is 3.06. The zero-order chi connectivity index (χ0) is 18.5. The van der Waals surface area contributed by atoms with Gasteiger partial charge in [0, 0.05) is 17.3 Å². The third kappa shape index (κ3) is 4.58. The Balaban J connectivity index is 1.73. The second kappa shape index (κ2) is 7.97. The lowest BCUT2D eigenvalue weighted by Crippen LogP contribution is -2.23. The third-order valence-electron chi connectivity index (χ3n) is 3.56. The molecule has 0 aliphatic heterocycles. The Labute approximate surface area is 153 Å². The molecule has 2 aromatic carbocycles. The molecular formula is C19H16FN3O2S. The number of amides is 1. The van der Waals surface area contributed by atoms with E-state index in [9.17, 15) is 14.0 Å². The molecule has 0 aliphatic rings. The summed E-state index contributed by atoms with van der Waals surface area (Å²) in [6.45, 7) is 1.71. The largest absolute Gasteiger partial charge is 0.325 e. The van der Waals surface area contributed by atoms with Crippen LogP contribution < -0.4 is 10.9 Å². The van der Waals surface area contributed by atoms with Crippen molar-refractivity contribution in [2.45, 2.75) is 17.3 Å². The average molecular weight is 369 g/mol. The molecule has 0 bridgehead atoms. The van der Waals surface area contributed by atoms with Gasteiger partial charge in [-0.1, -0.05) is 42.1 Å². The number of nitrogens with one attached hydrogen (secondary N) is 2. The van der Waals surface area contributed by atoms with Crippen molar-refractivity contribution in [3.63, 3.8) is 0 Å². The van der Waals surface area contributed by atoms with Gasteiger partial charge in [-0.2, -0.15) is 0 Å². The van der Waals surface area contributed by atoms with Crippen molar-refractivity contribution in [2.24, 2.45) is 0 Å². The highest BCUT2D eigenvalue weighted by Crippen LogP contribution is 2.23. The highest BCUT2D eigenvalue weighted by Gasteiger charge is 2.17. The van der Waals surface area contributed by atoms with Gasteiger partial charge in [0.25, 0.3) is 5.56 Å². The molecule has 3 aromatic rings. The average Bonchev–Trinajstić information content (AvgIpc) is 2.64. The van der Waals surface area contributed by atoms with Crippen LogP contribution in [0.2, 0.25) is 0 Å². The van der Waals surface area contributed by atoms with E-state index in [1.807, 2.05) is 30.3 Å². The molecule has 0 aliphatic carbocycles. The quantitative estimate of drug-likeness (QED) is 0.531. The maximum atomic E-state index is 12.9. The van der Waals surface area contributed by atoms with E-state index in [4.69, 9.17) is 0 Å². The summed E-state index contributed by atoms with van der Waals surface area (Å²) in [5, 5.41) is 2.56. The zero-order valence-electron chi connectivity index (χ0n) is 13.9. The summed E-state index contributed by atoms with van der Waals surface area (Å²) in [6, 6.07) is 16.3. The highest BCUT2D eigenvalue weighted by atomic mass is 32.2. The smallest absolute Gasteiger partial charge is 0.252 e. The van der Waals surface area contributed by atoms with E-state index in [0.717, 1.165) is 17.3 Å². The number of thioether (sulfide) groups is 1. The Morgan fingerprint density at radius 1 is 1.15 bits per heavy atom. The Morgan fingerprint density at radius 2 is 1.85 bits per heavy atom. The first kappa shape index (κ1) is 17.9. The molecule has 0 fully saturated rings. The number of H-pyrrole nitrogens is 1. The van der Waals surface area contributed by atoms with Crippen molar-refractivity contribution in [1.82, 2.24) is 9.97 Å². The number of aromatic nitrogens is 2. The molecular weight excluding hydrogens is 353 g/mol. The minimum Gasteiger partial charge on any atom is -0.325 e. The molecule has 1 aromatic heterocycles. The van der Waals surface area contributed by atoms with Crippen molar-refractivity contribution in [2.75, 3.05) is 5.32 Å². The second-order valence-corrected chi connectivity index (χ2v) is 6.89. The van der Waals surface area contributed by atoms with Crippen molar-refractivity contribution in [3.05, 3.63) is 76.8 Å². The fraction of sp³-hybridized carbons (Fsp3) is 0.105. The number of aromatic amines is 1. The molecule has 1 amide bonds. The van der Waals surface area contributed by atoms with Crippen LogP contribution >= 0.6 is 11.8 Å². The highest BCUT2D eigenvalue weighted by molar-refractivity contribution is 8.00. The number of anilines is 1. The van der Waals surface area contributed by atoms with Gasteiger partial charge in [-0.3, -0.25) is 9.59 Å². The summed E-state index contributed by atoms with van der Waals surface area (Å²) in [4.78, 5) is 31.3. The monoisotopic (exact) mass is 369 g/mol. The molecule has 26 heavy (non-hydrogen) atoms. The van der Waals surface area contributed by atoms with Gasteiger partial charge in [-0.25, -0.2) is 9.37 Å². The van der Waals surface area contributed by atoms with E-state index in [1.54, 1.807) is 6.92 Å². The first-order valence-electron chi connectivity index (χ1n) is 7.91. The Hall–Kier alpha value is -2.93. The third-order valence-corrected chi connectivity index (χ3v) is 4.54. The van der Waals surface area contributed by atoms with Crippen LogP contribution in [0.5, 0.6) is 0 Å². The first-order chi connectivity index (χ1) is 12.5. The molecule has 1 atom stereocenters. The molecule has 1 heterocycles. The lowest BCUT2D eigenvalue weighted by molar-refractivity contribution is -0.115. The summed E-state index contributed by atoms with van der Waals surface area (Å²) < 4.78 is 12.9. The molecule has 132 valence electrons.